The fourth-order valence-corrected chi connectivity index (χ4v) is 7.21. The Labute approximate surface area is 269 Å². The highest BCUT2D eigenvalue weighted by Gasteiger charge is 2.49. The van der Waals surface area contributed by atoms with E-state index >= 15 is 0 Å². The number of aryl methyl sites for hydroxylation is 2. The fraction of sp³-hybridized carbons (Fsp3) is 0.265. The highest BCUT2D eigenvalue weighted by Crippen LogP contribution is 2.44. The zero-order valence-corrected chi connectivity index (χ0v) is 26.9. The molecule has 0 bridgehead atoms. The molecular weight excluding hydrogens is 607 g/mol. The Kier molecular flexibility index (Phi) is 8.99. The van der Waals surface area contributed by atoms with Crippen LogP contribution in [-0.4, -0.2) is 43.0 Å². The van der Waals surface area contributed by atoms with E-state index in [1.165, 1.54) is 28.0 Å². The summed E-state index contributed by atoms with van der Waals surface area (Å²) in [4.78, 5) is 33.5. The first-order chi connectivity index (χ1) is 21.9. The smallest absolute Gasteiger partial charge is 0.301 e. The van der Waals surface area contributed by atoms with Gasteiger partial charge in [0.05, 0.1) is 23.9 Å². The molecule has 2 aromatic carbocycles. The second-order valence-electron chi connectivity index (χ2n) is 10.8. The molecule has 1 fully saturated rings. The molecule has 9 nitrogen and oxygen atoms in total. The molecule has 0 spiro atoms. The van der Waals surface area contributed by atoms with Gasteiger partial charge >= 0.3 is 5.91 Å². The number of aromatic nitrogens is 4. The van der Waals surface area contributed by atoms with Crippen LogP contribution in [0.4, 0.5) is 5.13 Å². The summed E-state index contributed by atoms with van der Waals surface area (Å²) in [5.41, 5.74) is 4.20. The fourth-order valence-electron chi connectivity index (χ4n) is 5.39. The third-order valence-corrected chi connectivity index (χ3v) is 9.90. The van der Waals surface area contributed by atoms with Crippen LogP contribution in [0.15, 0.2) is 82.8 Å². The van der Waals surface area contributed by atoms with Crippen molar-refractivity contribution in [2.45, 2.75) is 56.2 Å². The lowest BCUT2D eigenvalue weighted by Crippen LogP contribution is -2.29. The number of nitrogens with zero attached hydrogens (tertiary/aromatic N) is 5. The van der Waals surface area contributed by atoms with Crippen molar-refractivity contribution in [1.82, 2.24) is 19.6 Å². The number of aliphatic hydroxyl groups excluding tert-OH is 1. The number of pyridine rings is 1. The van der Waals surface area contributed by atoms with Gasteiger partial charge in [0.2, 0.25) is 5.13 Å². The average Bonchev–Trinajstić information content (AvgIpc) is 3.74. The molecule has 3 aromatic heterocycles. The lowest BCUT2D eigenvalue weighted by Gasteiger charge is -2.22. The lowest BCUT2D eigenvalue weighted by atomic mass is 9.96. The van der Waals surface area contributed by atoms with E-state index in [1.54, 1.807) is 0 Å². The van der Waals surface area contributed by atoms with Crippen LogP contribution in [0.5, 0.6) is 5.75 Å². The number of hydrogen-bond donors (Lipinski definition) is 1. The van der Waals surface area contributed by atoms with Gasteiger partial charge in [-0.3, -0.25) is 14.5 Å². The molecule has 5 aromatic rings. The van der Waals surface area contributed by atoms with Gasteiger partial charge in [-0.25, -0.2) is 4.98 Å². The average molecular weight is 640 g/mol. The third kappa shape index (κ3) is 6.10. The summed E-state index contributed by atoms with van der Waals surface area (Å²) >= 11 is 2.74. The summed E-state index contributed by atoms with van der Waals surface area (Å²) in [6.45, 7) is 6.50. The van der Waals surface area contributed by atoms with Crippen molar-refractivity contribution in [3.63, 3.8) is 0 Å². The number of aliphatic hydroxyl groups is 1. The Morgan fingerprint density at radius 3 is 2.51 bits per heavy atom. The minimum Gasteiger partial charge on any atom is -0.505 e. The second-order valence-corrected chi connectivity index (χ2v) is 13.0. The van der Waals surface area contributed by atoms with Gasteiger partial charge in [0, 0.05) is 11.9 Å². The molecule has 1 saturated heterocycles. The number of rotatable bonds is 11. The maximum Gasteiger partial charge on any atom is 0.301 e. The molecule has 4 heterocycles. The SMILES string of the molecule is CCCCCOc1ccc(C2/C(=C(\O)c3nc4c(C)cccn4c3C)C(=O)C(=O)N2c2nnc(SCc3ccccc3)s2)cc1. The van der Waals surface area contributed by atoms with Crippen molar-refractivity contribution in [1.29, 1.82) is 0 Å². The van der Waals surface area contributed by atoms with Crippen LogP contribution >= 0.6 is 23.1 Å². The number of ketones is 1. The standard InChI is InChI=1S/C34H33N5O4S2/c1-4-5-9-19-43-25-16-14-24(15-17-25)28-26(29(40)27-22(3)38-18-10-11-21(2)31(38)35-27)30(41)32(42)39(28)33-36-37-34(45-33)44-20-23-12-7-6-8-13-23/h6-8,10-18,28,40H,4-5,9,19-20H2,1-3H3/b29-26+. The molecule has 0 saturated carbocycles. The largest absolute Gasteiger partial charge is 0.505 e. The zero-order chi connectivity index (χ0) is 31.5. The van der Waals surface area contributed by atoms with Crippen molar-refractivity contribution in [3.05, 3.63) is 107 Å². The Hall–Kier alpha value is -4.48. The second kappa shape index (κ2) is 13.3. The van der Waals surface area contributed by atoms with Gasteiger partial charge in [-0.05, 0) is 55.2 Å². The van der Waals surface area contributed by atoms with E-state index in [-0.39, 0.29) is 22.2 Å². The van der Waals surface area contributed by atoms with Gasteiger partial charge in [-0.1, -0.05) is 91.4 Å². The van der Waals surface area contributed by atoms with E-state index in [1.807, 2.05) is 91.2 Å². The van der Waals surface area contributed by atoms with Crippen LogP contribution in [0.2, 0.25) is 0 Å². The molecular formula is C34H33N5O4S2. The number of carbonyl (C=O) groups is 2. The predicted molar refractivity (Wildman–Crippen MR) is 177 cm³/mol. The predicted octanol–water partition coefficient (Wildman–Crippen LogP) is 7.29. The first-order valence-electron chi connectivity index (χ1n) is 14.9. The normalized spacial score (nSPS) is 16.2. The van der Waals surface area contributed by atoms with E-state index < -0.39 is 17.7 Å². The van der Waals surface area contributed by atoms with Gasteiger partial charge in [0.1, 0.15) is 17.1 Å². The number of Topliss-reactive ketones (excluding diaryl/α,β-unsaturated/α-hetero) is 1. The molecule has 230 valence electrons. The van der Waals surface area contributed by atoms with Gasteiger partial charge in [0.25, 0.3) is 5.78 Å². The van der Waals surface area contributed by atoms with Gasteiger partial charge < -0.3 is 14.2 Å². The van der Waals surface area contributed by atoms with Crippen LogP contribution in [0.1, 0.15) is 60.3 Å². The molecule has 1 atom stereocenters. The number of hydrogen-bond acceptors (Lipinski definition) is 9. The number of thioether (sulfide) groups is 1. The number of anilines is 1. The number of imidazole rings is 1. The van der Waals surface area contributed by atoms with Gasteiger partial charge in [0.15, 0.2) is 10.1 Å². The van der Waals surface area contributed by atoms with Crippen molar-refractivity contribution >= 4 is 51.3 Å². The van der Waals surface area contributed by atoms with Crippen molar-refractivity contribution < 1.29 is 19.4 Å². The highest BCUT2D eigenvalue weighted by molar-refractivity contribution is 8.00. The summed E-state index contributed by atoms with van der Waals surface area (Å²) in [6.07, 6.45) is 5.00. The minimum atomic E-state index is -0.940. The van der Waals surface area contributed by atoms with Crippen molar-refractivity contribution in [3.8, 4) is 5.75 Å². The lowest BCUT2D eigenvalue weighted by molar-refractivity contribution is -0.132. The molecule has 1 N–H and O–H groups in total. The highest BCUT2D eigenvalue weighted by atomic mass is 32.2. The van der Waals surface area contributed by atoms with Crippen LogP contribution < -0.4 is 9.64 Å². The van der Waals surface area contributed by atoms with Gasteiger partial charge in [-0.15, -0.1) is 10.2 Å². The topological polar surface area (TPSA) is 110 Å². The third-order valence-electron chi connectivity index (χ3n) is 7.77. The molecule has 0 radical (unpaired) electrons. The maximum atomic E-state index is 13.8. The summed E-state index contributed by atoms with van der Waals surface area (Å²) in [5.74, 6) is -0.545. The molecule has 1 aliphatic rings. The van der Waals surface area contributed by atoms with Crippen LogP contribution in [0.25, 0.3) is 11.4 Å². The monoisotopic (exact) mass is 639 g/mol. The maximum absolute atomic E-state index is 13.8. The van der Waals surface area contributed by atoms with E-state index in [0.29, 0.717) is 39.4 Å². The Morgan fingerprint density at radius 1 is 1.00 bits per heavy atom. The molecule has 11 heteroatoms. The van der Waals surface area contributed by atoms with Crippen LogP contribution in [-0.2, 0) is 15.3 Å². The number of benzene rings is 2. The number of amides is 1. The minimum absolute atomic E-state index is 0.0468. The summed E-state index contributed by atoms with van der Waals surface area (Å²) in [5, 5.41) is 20.7. The number of carbonyl (C=O) groups excluding carboxylic acids is 2. The number of ether oxygens (including phenoxy) is 1. The Balaban J connectivity index is 1.40. The number of unbranched alkanes of at least 4 members (excludes halogenated alkanes) is 2. The van der Waals surface area contributed by atoms with E-state index in [9.17, 15) is 14.7 Å². The Morgan fingerprint density at radius 2 is 1.78 bits per heavy atom. The molecule has 45 heavy (non-hydrogen) atoms. The van der Waals surface area contributed by atoms with E-state index in [2.05, 4.69) is 22.1 Å². The summed E-state index contributed by atoms with van der Waals surface area (Å²) < 4.78 is 8.43. The van der Waals surface area contributed by atoms with Crippen LogP contribution in [0, 0.1) is 13.8 Å². The number of fused-ring (bicyclic) bond motifs is 1. The summed E-state index contributed by atoms with van der Waals surface area (Å²) in [7, 11) is 0. The molecule has 1 unspecified atom stereocenters. The first kappa shape index (κ1) is 30.5. The van der Waals surface area contributed by atoms with Gasteiger partial charge in [-0.2, -0.15) is 0 Å². The molecule has 1 amide bonds. The quantitative estimate of drug-likeness (QED) is 0.0401. The molecule has 6 rings (SSSR count). The first-order valence-corrected chi connectivity index (χ1v) is 16.7. The van der Waals surface area contributed by atoms with Crippen molar-refractivity contribution in [2.75, 3.05) is 11.5 Å². The van der Waals surface area contributed by atoms with Crippen molar-refractivity contribution in [2.24, 2.45) is 0 Å². The molecule has 0 aliphatic carbocycles. The zero-order valence-electron chi connectivity index (χ0n) is 25.3. The van der Waals surface area contributed by atoms with E-state index in [4.69, 9.17) is 4.74 Å². The molecule has 1 aliphatic heterocycles. The summed E-state index contributed by atoms with van der Waals surface area (Å²) in [6, 6.07) is 20.2. The Bertz CT molecular complexity index is 1880. The van der Waals surface area contributed by atoms with E-state index in [0.717, 1.165) is 30.4 Å². The van der Waals surface area contributed by atoms with Crippen LogP contribution in [0.3, 0.4) is 0 Å².